The molecule has 2 fully saturated rings. The van der Waals surface area contributed by atoms with Gasteiger partial charge in [0.05, 0.1) is 6.10 Å². The van der Waals surface area contributed by atoms with E-state index in [1.807, 2.05) is 0 Å². The highest BCUT2D eigenvalue weighted by atomic mass is 127. The largest absolute Gasteiger partial charge is 0.377 e. The molecule has 3 unspecified atom stereocenters. The van der Waals surface area contributed by atoms with Gasteiger partial charge in [-0.3, -0.25) is 4.79 Å². The van der Waals surface area contributed by atoms with Crippen LogP contribution in [0.2, 0.25) is 0 Å². The van der Waals surface area contributed by atoms with Crippen molar-refractivity contribution < 1.29 is 9.53 Å². The number of halogens is 1. The lowest BCUT2D eigenvalue weighted by Gasteiger charge is -2.60. The van der Waals surface area contributed by atoms with Crippen LogP contribution in [-0.2, 0) is 9.53 Å². The number of hydrogen-bond donors (Lipinski definition) is 2. The number of amides is 1. The fraction of sp³-hybridized carbons (Fsp3) is 0.882. The third-order valence-electron chi connectivity index (χ3n) is 4.92. The summed E-state index contributed by atoms with van der Waals surface area (Å²) in [5.74, 6) is 1.25. The second-order valence-corrected chi connectivity index (χ2v) is 7.79. The molecule has 1 aliphatic carbocycles. The monoisotopic (exact) mass is 452 g/mol. The molecule has 24 heavy (non-hydrogen) atoms. The number of carbonyl (C=O) groups excluding carboxylic acids is 1. The summed E-state index contributed by atoms with van der Waals surface area (Å²) < 4.78 is 5.95. The molecule has 2 N–H and O–H groups in total. The highest BCUT2D eigenvalue weighted by molar-refractivity contribution is 14.0. The normalized spacial score (nSPS) is 28.3. The van der Waals surface area contributed by atoms with Crippen LogP contribution >= 0.6 is 24.0 Å². The van der Waals surface area contributed by atoms with Crippen molar-refractivity contribution >= 4 is 35.8 Å². The van der Waals surface area contributed by atoms with Crippen LogP contribution in [0.3, 0.4) is 0 Å². The molecule has 0 aromatic rings. The van der Waals surface area contributed by atoms with E-state index in [9.17, 15) is 4.79 Å². The Hall–Kier alpha value is -0.570. The minimum absolute atomic E-state index is 0. The van der Waals surface area contributed by atoms with Crippen LogP contribution in [0.1, 0.15) is 40.5 Å². The number of carbonyl (C=O) groups is 1. The number of guanidine groups is 1. The molecule has 2 rings (SSSR count). The van der Waals surface area contributed by atoms with Gasteiger partial charge in [-0.2, -0.15) is 0 Å². The Morgan fingerprint density at radius 2 is 2.04 bits per heavy atom. The summed E-state index contributed by atoms with van der Waals surface area (Å²) in [6.07, 6.45) is 2.65. The zero-order valence-electron chi connectivity index (χ0n) is 15.8. The van der Waals surface area contributed by atoms with E-state index in [1.165, 1.54) is 6.42 Å². The Morgan fingerprint density at radius 3 is 2.62 bits per heavy atom. The second-order valence-electron chi connectivity index (χ2n) is 7.79. The Bertz CT molecular complexity index is 466. The van der Waals surface area contributed by atoms with Crippen LogP contribution in [-0.4, -0.2) is 62.2 Å². The van der Waals surface area contributed by atoms with E-state index in [0.717, 1.165) is 19.0 Å². The van der Waals surface area contributed by atoms with Crippen LogP contribution in [0, 0.1) is 11.3 Å². The molecular formula is C17H33IN4O2. The Morgan fingerprint density at radius 1 is 1.38 bits per heavy atom. The van der Waals surface area contributed by atoms with Crippen molar-refractivity contribution in [3.63, 3.8) is 0 Å². The lowest BCUT2D eigenvalue weighted by molar-refractivity contribution is -0.188. The van der Waals surface area contributed by atoms with Crippen molar-refractivity contribution in [3.05, 3.63) is 0 Å². The number of ether oxygens (including phenoxy) is 1. The third kappa shape index (κ3) is 4.74. The molecule has 0 bridgehead atoms. The van der Waals surface area contributed by atoms with Crippen molar-refractivity contribution in [1.82, 2.24) is 15.5 Å². The predicted octanol–water partition coefficient (Wildman–Crippen LogP) is 1.84. The van der Waals surface area contributed by atoms with E-state index in [1.54, 1.807) is 19.0 Å². The molecule has 1 saturated carbocycles. The Kier molecular flexibility index (Phi) is 7.77. The van der Waals surface area contributed by atoms with E-state index in [4.69, 9.17) is 4.74 Å². The predicted molar refractivity (Wildman–Crippen MR) is 108 cm³/mol. The standard InChI is InChI=1S/C17H32N4O2.HI/c1-11(2)19-16(18-10-13(22)21(5)6)20-14-12-8-7-9-23-15(12)17(14,3)4;/h11-12,14-15H,7-10H2,1-6H3,(H2,18,19,20);1H. The maximum absolute atomic E-state index is 11.8. The number of aliphatic imine (C=N–C) groups is 1. The first kappa shape index (κ1) is 21.5. The molecule has 0 radical (unpaired) electrons. The van der Waals surface area contributed by atoms with Crippen molar-refractivity contribution in [2.24, 2.45) is 16.3 Å². The number of hydrogen-bond acceptors (Lipinski definition) is 3. The fourth-order valence-corrected chi connectivity index (χ4v) is 3.66. The van der Waals surface area contributed by atoms with Gasteiger partial charge in [0.25, 0.3) is 0 Å². The van der Waals surface area contributed by atoms with Gasteiger partial charge in [-0.15, -0.1) is 24.0 Å². The van der Waals surface area contributed by atoms with Crippen LogP contribution in [0.15, 0.2) is 4.99 Å². The van der Waals surface area contributed by atoms with Gasteiger partial charge < -0.3 is 20.3 Å². The smallest absolute Gasteiger partial charge is 0.243 e. The molecule has 0 spiro atoms. The van der Waals surface area contributed by atoms with Crippen molar-refractivity contribution in [1.29, 1.82) is 0 Å². The summed E-state index contributed by atoms with van der Waals surface area (Å²) in [6, 6.07) is 0.588. The van der Waals surface area contributed by atoms with Gasteiger partial charge in [-0.1, -0.05) is 13.8 Å². The molecule has 140 valence electrons. The maximum Gasteiger partial charge on any atom is 0.243 e. The number of nitrogens with one attached hydrogen (secondary N) is 2. The van der Waals surface area contributed by atoms with Gasteiger partial charge in [0.15, 0.2) is 5.96 Å². The van der Waals surface area contributed by atoms with Gasteiger partial charge >= 0.3 is 0 Å². The van der Waals surface area contributed by atoms with E-state index < -0.39 is 0 Å². The van der Waals surface area contributed by atoms with E-state index >= 15 is 0 Å². The van der Waals surface area contributed by atoms with E-state index in [-0.39, 0.29) is 47.9 Å². The Labute approximate surface area is 163 Å². The summed E-state index contributed by atoms with van der Waals surface area (Å²) in [6.45, 7) is 9.67. The number of likely N-dealkylation sites (N-methyl/N-ethyl adjacent to an activating group) is 1. The minimum Gasteiger partial charge on any atom is -0.377 e. The molecule has 7 heteroatoms. The minimum atomic E-state index is 0. The molecule has 0 aromatic heterocycles. The van der Waals surface area contributed by atoms with Crippen LogP contribution in [0.25, 0.3) is 0 Å². The van der Waals surface area contributed by atoms with E-state index in [0.29, 0.717) is 18.1 Å². The van der Waals surface area contributed by atoms with Crippen LogP contribution in [0.4, 0.5) is 0 Å². The van der Waals surface area contributed by atoms with Crippen molar-refractivity contribution in [3.8, 4) is 0 Å². The molecule has 2 aliphatic rings. The first-order valence-corrected chi connectivity index (χ1v) is 8.62. The van der Waals surface area contributed by atoms with Crippen LogP contribution in [0.5, 0.6) is 0 Å². The molecule has 3 atom stereocenters. The highest BCUT2D eigenvalue weighted by Gasteiger charge is 2.58. The molecule has 6 nitrogen and oxygen atoms in total. The maximum atomic E-state index is 11.8. The lowest BCUT2D eigenvalue weighted by Crippen LogP contribution is -2.71. The first-order valence-electron chi connectivity index (χ1n) is 8.62. The van der Waals surface area contributed by atoms with E-state index in [2.05, 4.69) is 43.3 Å². The number of rotatable bonds is 4. The number of fused-ring (bicyclic) bond motifs is 1. The quantitative estimate of drug-likeness (QED) is 0.388. The molecule has 0 aromatic carbocycles. The zero-order chi connectivity index (χ0) is 17.2. The van der Waals surface area contributed by atoms with Crippen molar-refractivity contribution in [2.45, 2.75) is 58.7 Å². The summed E-state index contributed by atoms with van der Waals surface area (Å²) >= 11 is 0. The fourth-order valence-electron chi connectivity index (χ4n) is 3.66. The molecule has 1 amide bonds. The third-order valence-corrected chi connectivity index (χ3v) is 4.92. The Balaban J connectivity index is 0.00000288. The average molecular weight is 452 g/mol. The topological polar surface area (TPSA) is 66.0 Å². The SMILES string of the molecule is CC(C)NC(=NCC(=O)N(C)C)NC1C2CCCOC2C1(C)C.I. The van der Waals surface area contributed by atoms with Crippen LogP contribution < -0.4 is 10.6 Å². The van der Waals surface area contributed by atoms with Crippen molar-refractivity contribution in [2.75, 3.05) is 27.2 Å². The summed E-state index contributed by atoms with van der Waals surface area (Å²) in [5, 5.41) is 6.89. The van der Waals surface area contributed by atoms with Gasteiger partial charge in [-0.25, -0.2) is 4.99 Å². The second kappa shape index (κ2) is 8.69. The summed E-state index contributed by atoms with van der Waals surface area (Å²) in [7, 11) is 3.50. The molecular weight excluding hydrogens is 419 g/mol. The molecule has 1 heterocycles. The number of nitrogens with zero attached hydrogens (tertiary/aromatic N) is 2. The van der Waals surface area contributed by atoms with Gasteiger partial charge in [0.2, 0.25) is 5.91 Å². The first-order chi connectivity index (χ1) is 10.7. The van der Waals surface area contributed by atoms with Gasteiger partial charge in [0, 0.05) is 44.1 Å². The molecule has 1 saturated heterocycles. The zero-order valence-corrected chi connectivity index (χ0v) is 18.1. The summed E-state index contributed by atoms with van der Waals surface area (Å²) in [5.41, 5.74) is 0.0794. The summed E-state index contributed by atoms with van der Waals surface area (Å²) in [4.78, 5) is 17.8. The lowest BCUT2D eigenvalue weighted by atomic mass is 9.55. The average Bonchev–Trinajstić information content (AvgIpc) is 2.48. The molecule has 1 aliphatic heterocycles. The van der Waals surface area contributed by atoms with Gasteiger partial charge in [0.1, 0.15) is 6.54 Å². The highest BCUT2D eigenvalue weighted by Crippen LogP contribution is 2.51. The van der Waals surface area contributed by atoms with Gasteiger partial charge in [-0.05, 0) is 26.7 Å².